The van der Waals surface area contributed by atoms with Crippen LogP contribution in [0.5, 0.6) is 11.5 Å². The van der Waals surface area contributed by atoms with Gasteiger partial charge in [-0.25, -0.2) is 0 Å². The highest BCUT2D eigenvalue weighted by molar-refractivity contribution is 5.31. The Morgan fingerprint density at radius 3 is 2.35 bits per heavy atom. The third kappa shape index (κ3) is 5.04. The van der Waals surface area contributed by atoms with Crippen LogP contribution in [0.4, 0.5) is 0 Å². The smallest absolute Gasteiger partial charge is 0.119 e. The largest absolute Gasteiger partial charge is 0.494 e. The maximum atomic E-state index is 5.81. The Balaban J connectivity index is 1.68. The van der Waals surface area contributed by atoms with Gasteiger partial charge >= 0.3 is 0 Å². The Morgan fingerprint density at radius 2 is 1.75 bits per heavy atom. The van der Waals surface area contributed by atoms with Crippen molar-refractivity contribution in [2.24, 2.45) is 5.92 Å². The van der Waals surface area contributed by atoms with Gasteiger partial charge in [0.2, 0.25) is 0 Å². The minimum Gasteiger partial charge on any atom is -0.494 e. The first-order valence-electron chi connectivity index (χ1n) is 7.86. The SMILES string of the molecule is CCCOc1ccc(OCCN2CCC[C@H](C)C2)cc1. The van der Waals surface area contributed by atoms with Gasteiger partial charge in [0, 0.05) is 13.1 Å². The maximum Gasteiger partial charge on any atom is 0.119 e. The summed E-state index contributed by atoms with van der Waals surface area (Å²) >= 11 is 0. The molecule has 0 aliphatic carbocycles. The maximum absolute atomic E-state index is 5.81. The van der Waals surface area contributed by atoms with Crippen LogP contribution in [0.3, 0.4) is 0 Å². The van der Waals surface area contributed by atoms with E-state index in [0.717, 1.165) is 43.6 Å². The number of benzene rings is 1. The second-order valence-corrected chi connectivity index (χ2v) is 5.72. The zero-order chi connectivity index (χ0) is 14.2. The molecule has 1 aliphatic rings. The van der Waals surface area contributed by atoms with E-state index in [-0.39, 0.29) is 0 Å². The predicted octanol–water partition coefficient (Wildman–Crippen LogP) is 3.59. The lowest BCUT2D eigenvalue weighted by atomic mass is 10.0. The minimum atomic E-state index is 0.766. The first-order valence-corrected chi connectivity index (χ1v) is 7.86. The number of rotatable bonds is 7. The number of hydrogen-bond donors (Lipinski definition) is 0. The molecule has 0 spiro atoms. The van der Waals surface area contributed by atoms with Crippen molar-refractivity contribution >= 4 is 0 Å². The van der Waals surface area contributed by atoms with E-state index in [1.807, 2.05) is 24.3 Å². The van der Waals surface area contributed by atoms with Crippen molar-refractivity contribution in [2.75, 3.05) is 32.8 Å². The molecule has 3 heteroatoms. The number of ether oxygens (including phenoxy) is 2. The molecule has 20 heavy (non-hydrogen) atoms. The van der Waals surface area contributed by atoms with Gasteiger partial charge in [-0.05, 0) is 56.0 Å². The van der Waals surface area contributed by atoms with Crippen LogP contribution in [-0.4, -0.2) is 37.7 Å². The Bertz CT molecular complexity index is 377. The third-order valence-electron chi connectivity index (χ3n) is 3.71. The Labute approximate surface area is 122 Å². The van der Waals surface area contributed by atoms with Gasteiger partial charge in [-0.15, -0.1) is 0 Å². The first-order chi connectivity index (χ1) is 9.78. The van der Waals surface area contributed by atoms with Crippen molar-refractivity contribution in [1.29, 1.82) is 0 Å². The molecule has 0 saturated carbocycles. The number of likely N-dealkylation sites (tertiary alicyclic amines) is 1. The van der Waals surface area contributed by atoms with E-state index in [2.05, 4.69) is 18.7 Å². The van der Waals surface area contributed by atoms with E-state index in [4.69, 9.17) is 9.47 Å². The van der Waals surface area contributed by atoms with Crippen LogP contribution in [0.1, 0.15) is 33.1 Å². The van der Waals surface area contributed by atoms with Crippen LogP contribution in [0.15, 0.2) is 24.3 Å². The van der Waals surface area contributed by atoms with Crippen LogP contribution < -0.4 is 9.47 Å². The van der Waals surface area contributed by atoms with Crippen LogP contribution in [-0.2, 0) is 0 Å². The van der Waals surface area contributed by atoms with Crippen LogP contribution in [0.2, 0.25) is 0 Å². The van der Waals surface area contributed by atoms with Gasteiger partial charge in [0.15, 0.2) is 0 Å². The summed E-state index contributed by atoms with van der Waals surface area (Å²) in [5.41, 5.74) is 0. The fourth-order valence-electron chi connectivity index (χ4n) is 2.63. The summed E-state index contributed by atoms with van der Waals surface area (Å²) < 4.78 is 11.4. The van der Waals surface area contributed by atoms with Gasteiger partial charge in [0.1, 0.15) is 18.1 Å². The van der Waals surface area contributed by atoms with Gasteiger partial charge in [0.05, 0.1) is 6.61 Å². The van der Waals surface area contributed by atoms with Crippen LogP contribution in [0, 0.1) is 5.92 Å². The standard InChI is InChI=1S/C17H27NO2/c1-3-12-19-16-6-8-17(9-7-16)20-13-11-18-10-4-5-15(2)14-18/h6-9,15H,3-5,10-14H2,1-2H3/t15-/m0/s1. The molecule has 0 N–H and O–H groups in total. The lowest BCUT2D eigenvalue weighted by Gasteiger charge is -2.30. The molecule has 2 rings (SSSR count). The average molecular weight is 277 g/mol. The fourth-order valence-corrected chi connectivity index (χ4v) is 2.63. The molecule has 1 atom stereocenters. The van der Waals surface area contributed by atoms with Crippen LogP contribution in [0.25, 0.3) is 0 Å². The average Bonchev–Trinajstić information content (AvgIpc) is 2.46. The van der Waals surface area contributed by atoms with E-state index >= 15 is 0 Å². The highest BCUT2D eigenvalue weighted by Crippen LogP contribution is 2.18. The number of hydrogen-bond acceptors (Lipinski definition) is 3. The molecule has 0 aromatic heterocycles. The molecule has 112 valence electrons. The lowest BCUT2D eigenvalue weighted by Crippen LogP contribution is -2.37. The third-order valence-corrected chi connectivity index (χ3v) is 3.71. The molecule has 1 heterocycles. The fraction of sp³-hybridized carbons (Fsp3) is 0.647. The molecule has 0 radical (unpaired) electrons. The van der Waals surface area contributed by atoms with Crippen molar-refractivity contribution in [3.8, 4) is 11.5 Å². The molecular weight excluding hydrogens is 250 g/mol. The molecular formula is C17H27NO2. The summed E-state index contributed by atoms with van der Waals surface area (Å²) in [5, 5.41) is 0. The Hall–Kier alpha value is -1.22. The normalized spacial score (nSPS) is 19.8. The number of nitrogens with zero attached hydrogens (tertiary/aromatic N) is 1. The van der Waals surface area contributed by atoms with E-state index in [0.29, 0.717) is 0 Å². The Morgan fingerprint density at radius 1 is 1.10 bits per heavy atom. The molecule has 0 amide bonds. The van der Waals surface area contributed by atoms with Gasteiger partial charge < -0.3 is 9.47 Å². The molecule has 1 aromatic carbocycles. The van der Waals surface area contributed by atoms with Crippen molar-refractivity contribution in [2.45, 2.75) is 33.1 Å². The van der Waals surface area contributed by atoms with Crippen molar-refractivity contribution in [3.63, 3.8) is 0 Å². The highest BCUT2D eigenvalue weighted by Gasteiger charge is 2.15. The molecule has 1 saturated heterocycles. The van der Waals surface area contributed by atoms with Gasteiger partial charge in [-0.3, -0.25) is 4.90 Å². The summed E-state index contributed by atoms with van der Waals surface area (Å²) in [6.07, 6.45) is 3.73. The van der Waals surface area contributed by atoms with E-state index in [1.54, 1.807) is 0 Å². The molecule has 1 fully saturated rings. The van der Waals surface area contributed by atoms with Gasteiger partial charge in [-0.1, -0.05) is 13.8 Å². The first kappa shape index (κ1) is 15.2. The van der Waals surface area contributed by atoms with Crippen LogP contribution >= 0.6 is 0 Å². The summed E-state index contributed by atoms with van der Waals surface area (Å²) in [6, 6.07) is 7.94. The lowest BCUT2D eigenvalue weighted by molar-refractivity contribution is 0.153. The van der Waals surface area contributed by atoms with Crippen molar-refractivity contribution in [1.82, 2.24) is 4.90 Å². The van der Waals surface area contributed by atoms with Crippen molar-refractivity contribution in [3.05, 3.63) is 24.3 Å². The Kier molecular flexibility index (Phi) is 6.19. The topological polar surface area (TPSA) is 21.7 Å². The predicted molar refractivity (Wildman–Crippen MR) is 82.6 cm³/mol. The molecule has 1 aliphatic heterocycles. The summed E-state index contributed by atoms with van der Waals surface area (Å²) in [6.45, 7) is 9.44. The summed E-state index contributed by atoms with van der Waals surface area (Å²) in [4.78, 5) is 2.51. The second kappa shape index (κ2) is 8.15. The monoisotopic (exact) mass is 277 g/mol. The number of piperidine rings is 1. The van der Waals surface area contributed by atoms with Gasteiger partial charge in [-0.2, -0.15) is 0 Å². The molecule has 3 nitrogen and oxygen atoms in total. The van der Waals surface area contributed by atoms with E-state index in [1.165, 1.54) is 25.9 Å². The zero-order valence-corrected chi connectivity index (χ0v) is 12.8. The van der Waals surface area contributed by atoms with E-state index < -0.39 is 0 Å². The molecule has 1 aromatic rings. The van der Waals surface area contributed by atoms with Crippen molar-refractivity contribution < 1.29 is 9.47 Å². The highest BCUT2D eigenvalue weighted by atomic mass is 16.5. The van der Waals surface area contributed by atoms with Gasteiger partial charge in [0.25, 0.3) is 0 Å². The second-order valence-electron chi connectivity index (χ2n) is 5.72. The zero-order valence-electron chi connectivity index (χ0n) is 12.8. The summed E-state index contributed by atoms with van der Waals surface area (Å²) in [7, 11) is 0. The minimum absolute atomic E-state index is 0.766. The quantitative estimate of drug-likeness (QED) is 0.760. The summed E-state index contributed by atoms with van der Waals surface area (Å²) in [5.74, 6) is 2.68. The van der Waals surface area contributed by atoms with E-state index in [9.17, 15) is 0 Å². The molecule has 0 unspecified atom stereocenters. The molecule has 0 bridgehead atoms.